The average Bonchev–Trinajstić information content (AvgIpc) is 3.27. The second-order valence-corrected chi connectivity index (χ2v) is 12.6. The van der Waals surface area contributed by atoms with Crippen LogP contribution in [0.15, 0.2) is 65.1 Å². The molecule has 3 aromatic rings. The highest BCUT2D eigenvalue weighted by atomic mass is 79.9. The number of aliphatic carboxylic acids is 1. The van der Waals surface area contributed by atoms with Crippen molar-refractivity contribution in [1.82, 2.24) is 4.90 Å². The molecule has 2 saturated heterocycles. The van der Waals surface area contributed by atoms with Crippen molar-refractivity contribution < 1.29 is 44.3 Å². The van der Waals surface area contributed by atoms with E-state index in [1.807, 2.05) is 12.1 Å². The van der Waals surface area contributed by atoms with Crippen molar-refractivity contribution in [2.75, 3.05) is 48.8 Å². The molecule has 13 nitrogen and oxygen atoms in total. The molecule has 3 aromatic carbocycles. The van der Waals surface area contributed by atoms with E-state index in [9.17, 15) is 34.8 Å². The number of rotatable bonds is 8. The summed E-state index contributed by atoms with van der Waals surface area (Å²) in [6, 6.07) is 16.1. The van der Waals surface area contributed by atoms with Crippen molar-refractivity contribution in [2.45, 2.75) is 37.1 Å². The number of carbonyl (C=O) groups is 3. The molecule has 6 N–H and O–H groups in total. The summed E-state index contributed by atoms with van der Waals surface area (Å²) in [5.41, 5.74) is 1.55. The lowest BCUT2D eigenvalue weighted by Crippen LogP contribution is -2.61. The molecule has 15 heteroatoms. The zero-order chi connectivity index (χ0) is 33.8. The van der Waals surface area contributed by atoms with Gasteiger partial charge in [-0.2, -0.15) is 0 Å². The second-order valence-electron chi connectivity index (χ2n) is 11.3. The minimum Gasteiger partial charge on any atom is -0.479 e. The first-order chi connectivity index (χ1) is 22.4. The van der Waals surface area contributed by atoms with E-state index >= 15 is 0 Å². The molecule has 47 heavy (non-hydrogen) atoms. The lowest BCUT2D eigenvalue weighted by atomic mass is 9.99. The van der Waals surface area contributed by atoms with Gasteiger partial charge in [0.15, 0.2) is 6.10 Å². The minimum atomic E-state index is -1.93. The summed E-state index contributed by atoms with van der Waals surface area (Å²) in [7, 11) is 2.08. The summed E-state index contributed by atoms with van der Waals surface area (Å²) >= 11 is 9.32. The zero-order valence-electron chi connectivity index (χ0n) is 25.2. The number of hydrogen-bond donors (Lipinski definition) is 6. The number of nitrogens with zero attached hydrogens (tertiary/aromatic N) is 2. The van der Waals surface area contributed by atoms with Crippen LogP contribution in [0.4, 0.5) is 17.1 Å². The van der Waals surface area contributed by atoms with E-state index in [0.717, 1.165) is 38.3 Å². The van der Waals surface area contributed by atoms with Crippen molar-refractivity contribution in [2.24, 2.45) is 0 Å². The van der Waals surface area contributed by atoms with Crippen LogP contribution in [0.2, 0.25) is 5.02 Å². The Morgan fingerprint density at radius 2 is 1.51 bits per heavy atom. The van der Waals surface area contributed by atoms with Crippen molar-refractivity contribution in [3.8, 4) is 5.75 Å². The van der Waals surface area contributed by atoms with E-state index in [-0.39, 0.29) is 22.7 Å². The summed E-state index contributed by atoms with van der Waals surface area (Å²) in [5, 5.41) is 46.4. The number of nitrogens with one attached hydrogen (secondary N) is 2. The van der Waals surface area contributed by atoms with Gasteiger partial charge in [-0.1, -0.05) is 27.5 Å². The number of anilines is 3. The van der Waals surface area contributed by atoms with Gasteiger partial charge in [0, 0.05) is 45.9 Å². The van der Waals surface area contributed by atoms with Crippen LogP contribution >= 0.6 is 27.5 Å². The predicted octanol–water partition coefficient (Wildman–Crippen LogP) is 3.02. The Balaban J connectivity index is 1.46. The molecule has 2 heterocycles. The van der Waals surface area contributed by atoms with Crippen LogP contribution in [-0.4, -0.2) is 107 Å². The van der Waals surface area contributed by atoms with E-state index in [1.165, 1.54) is 24.3 Å². The second kappa shape index (κ2) is 15.0. The van der Waals surface area contributed by atoms with Crippen molar-refractivity contribution >= 4 is 62.4 Å². The average molecular weight is 734 g/mol. The fraction of sp³-hybridized carbons (Fsp3) is 0.344. The third-order valence-electron chi connectivity index (χ3n) is 7.93. The highest BCUT2D eigenvalue weighted by Gasteiger charge is 2.48. The van der Waals surface area contributed by atoms with Gasteiger partial charge in [0.2, 0.25) is 6.29 Å². The first kappa shape index (κ1) is 34.6. The van der Waals surface area contributed by atoms with Gasteiger partial charge < -0.3 is 50.3 Å². The number of benzene rings is 3. The third kappa shape index (κ3) is 8.22. The van der Waals surface area contributed by atoms with Gasteiger partial charge in [0.1, 0.15) is 29.7 Å². The molecule has 2 aliphatic heterocycles. The van der Waals surface area contributed by atoms with Crippen LogP contribution in [0.3, 0.4) is 0 Å². The maximum atomic E-state index is 13.6. The molecule has 5 atom stereocenters. The molecule has 0 bridgehead atoms. The number of likely N-dealkylation sites (N-methyl/N-ethyl adjacent to an activating group) is 1. The number of amides is 2. The Hall–Kier alpha value is -3.76. The Bertz CT molecular complexity index is 1610. The third-order valence-corrected chi connectivity index (χ3v) is 8.64. The monoisotopic (exact) mass is 732 g/mol. The fourth-order valence-corrected chi connectivity index (χ4v) is 5.85. The summed E-state index contributed by atoms with van der Waals surface area (Å²) < 4.78 is 11.5. The highest BCUT2D eigenvalue weighted by molar-refractivity contribution is 9.10. The van der Waals surface area contributed by atoms with Crippen LogP contribution in [0.1, 0.15) is 27.1 Å². The number of carboxylic acid groups (broad SMARTS) is 1. The molecular weight excluding hydrogens is 700 g/mol. The van der Waals surface area contributed by atoms with Gasteiger partial charge in [0.25, 0.3) is 11.8 Å². The first-order valence-corrected chi connectivity index (χ1v) is 15.9. The van der Waals surface area contributed by atoms with E-state index in [1.54, 1.807) is 24.3 Å². The maximum Gasteiger partial charge on any atom is 0.335 e. The first-order valence-electron chi connectivity index (χ1n) is 14.8. The minimum absolute atomic E-state index is 0.0524. The molecule has 0 radical (unpaired) electrons. The van der Waals surface area contributed by atoms with E-state index < -0.39 is 48.5 Å². The number of ether oxygens (including phenoxy) is 2. The van der Waals surface area contributed by atoms with Gasteiger partial charge in [-0.05, 0) is 80.7 Å². The molecule has 2 aliphatic rings. The fourth-order valence-electron chi connectivity index (χ4n) is 5.29. The van der Waals surface area contributed by atoms with Crippen molar-refractivity contribution in [1.29, 1.82) is 0 Å². The quantitative estimate of drug-likeness (QED) is 0.200. The molecule has 0 spiro atoms. The molecule has 0 saturated carbocycles. The van der Waals surface area contributed by atoms with E-state index in [0.29, 0.717) is 15.1 Å². The Morgan fingerprint density at radius 3 is 2.17 bits per heavy atom. The summed E-state index contributed by atoms with van der Waals surface area (Å²) in [5.74, 6) is -2.86. The Morgan fingerprint density at radius 1 is 0.872 bits per heavy atom. The molecular formula is C32H34BrClN4O9. The topological polar surface area (TPSA) is 181 Å². The Labute approximate surface area is 283 Å². The van der Waals surface area contributed by atoms with Crippen LogP contribution in [0, 0.1) is 0 Å². The van der Waals surface area contributed by atoms with Crippen LogP contribution in [-0.2, 0) is 9.53 Å². The largest absolute Gasteiger partial charge is 0.479 e. The van der Waals surface area contributed by atoms with E-state index in [2.05, 4.69) is 43.4 Å². The van der Waals surface area contributed by atoms with Crippen LogP contribution in [0.25, 0.3) is 0 Å². The van der Waals surface area contributed by atoms with Crippen molar-refractivity contribution in [3.63, 3.8) is 0 Å². The van der Waals surface area contributed by atoms with Crippen molar-refractivity contribution in [3.05, 3.63) is 81.3 Å². The van der Waals surface area contributed by atoms with Crippen LogP contribution in [0.5, 0.6) is 5.75 Å². The molecule has 250 valence electrons. The maximum absolute atomic E-state index is 13.6. The SMILES string of the molecule is CN1CCCN(c2ccc(C(=O)Nc3c(NC(=O)c4ccc(Cl)cc4)cc(Br)cc3O[C@@H]3O[C@H](C(=O)O)[C@@H](O)[C@H](O)[C@H]3O)cc2)CC1. The number of carboxylic acids is 1. The molecule has 0 aromatic heterocycles. The summed E-state index contributed by atoms with van der Waals surface area (Å²) in [6.45, 7) is 3.66. The lowest BCUT2D eigenvalue weighted by molar-refractivity contribution is -0.271. The molecule has 2 fully saturated rings. The predicted molar refractivity (Wildman–Crippen MR) is 177 cm³/mol. The molecule has 2 amide bonds. The summed E-state index contributed by atoms with van der Waals surface area (Å²) in [6.07, 6.45) is -8.43. The molecule has 5 rings (SSSR count). The van der Waals surface area contributed by atoms with Crippen LogP contribution < -0.4 is 20.3 Å². The molecule has 0 unspecified atom stereocenters. The molecule has 0 aliphatic carbocycles. The Kier molecular flexibility index (Phi) is 11.0. The smallest absolute Gasteiger partial charge is 0.335 e. The van der Waals surface area contributed by atoms with Gasteiger partial charge in [-0.15, -0.1) is 0 Å². The van der Waals surface area contributed by atoms with Gasteiger partial charge in [-0.25, -0.2) is 4.79 Å². The number of hydrogen-bond acceptors (Lipinski definition) is 10. The standard InChI is InChI=1S/C32H34BrClN4O9/c1-37-11-2-12-38(14-13-37)21-9-5-18(6-10-21)30(43)36-24-22(35-29(42)17-3-7-20(34)8-4-17)15-19(33)16-23(24)46-32-27(41)25(39)26(40)28(47-32)31(44)45/h3-10,15-16,25-28,32,39-41H,2,11-14H2,1H3,(H,35,42)(H,36,43)(H,44,45)/t25-,26-,27+,28-,32+/m0/s1. The normalized spacial score (nSPS) is 23.4. The highest BCUT2D eigenvalue weighted by Crippen LogP contribution is 2.39. The van der Waals surface area contributed by atoms with Gasteiger partial charge >= 0.3 is 5.97 Å². The number of aliphatic hydroxyl groups excluding tert-OH is 3. The number of carbonyl (C=O) groups excluding carboxylic acids is 2. The van der Waals surface area contributed by atoms with Gasteiger partial charge in [-0.3, -0.25) is 9.59 Å². The van der Waals surface area contributed by atoms with E-state index in [4.69, 9.17) is 21.1 Å². The number of halogens is 2. The lowest BCUT2D eigenvalue weighted by Gasteiger charge is -2.38. The number of aliphatic hydroxyl groups is 3. The zero-order valence-corrected chi connectivity index (χ0v) is 27.5. The summed E-state index contributed by atoms with van der Waals surface area (Å²) in [4.78, 5) is 43.0. The van der Waals surface area contributed by atoms with Gasteiger partial charge in [0.05, 0.1) is 5.69 Å².